The Morgan fingerprint density at radius 2 is 2.05 bits per heavy atom. The number of carbonyl (C=O) groups is 1. The van der Waals surface area contributed by atoms with Gasteiger partial charge >= 0.3 is 11.8 Å². The van der Waals surface area contributed by atoms with Crippen LogP contribution in [0.2, 0.25) is 0 Å². The van der Waals surface area contributed by atoms with Crippen LogP contribution in [-0.4, -0.2) is 47.9 Å². The summed E-state index contributed by atoms with van der Waals surface area (Å²) >= 11 is 0. The van der Waals surface area contributed by atoms with Crippen LogP contribution in [0.5, 0.6) is 0 Å². The molecule has 0 aliphatic rings. The second-order valence-electron chi connectivity index (χ2n) is 4.92. The molecule has 1 amide bonds. The number of carbonyl (C=O) groups excluding carboxylic acids is 1. The largest absolute Gasteiger partial charge is 0.392 e. The van der Waals surface area contributed by atoms with E-state index in [1.165, 1.54) is 0 Å². The van der Waals surface area contributed by atoms with Gasteiger partial charge in [0.2, 0.25) is 5.82 Å². The van der Waals surface area contributed by atoms with Crippen molar-refractivity contribution < 1.29 is 14.4 Å². The Kier molecular flexibility index (Phi) is 4.54. The van der Waals surface area contributed by atoms with Crippen LogP contribution < -0.4 is 10.2 Å². The molecule has 0 bridgehead atoms. The molecule has 0 aliphatic heterocycles. The second-order valence-corrected chi connectivity index (χ2v) is 4.92. The number of nitrogens with one attached hydrogen (secondary N) is 1. The number of aliphatic hydroxyl groups is 1. The molecule has 0 saturated heterocycles. The van der Waals surface area contributed by atoms with Gasteiger partial charge in [-0.05, 0) is 31.2 Å². The Bertz CT molecular complexity index is 605. The van der Waals surface area contributed by atoms with E-state index in [1.54, 1.807) is 6.92 Å². The number of rotatable bonds is 5. The van der Waals surface area contributed by atoms with Crippen molar-refractivity contribution in [2.45, 2.75) is 13.0 Å². The molecule has 1 unspecified atom stereocenters. The monoisotopic (exact) mass is 290 g/mol. The Morgan fingerprint density at radius 3 is 2.62 bits per heavy atom. The highest BCUT2D eigenvalue weighted by Crippen LogP contribution is 2.19. The summed E-state index contributed by atoms with van der Waals surface area (Å²) in [5.74, 6) is -0.274. The summed E-state index contributed by atoms with van der Waals surface area (Å²) in [5.41, 5.74) is 1.82. The number of benzene rings is 1. The van der Waals surface area contributed by atoms with Crippen LogP contribution in [0, 0.1) is 0 Å². The van der Waals surface area contributed by atoms with Crippen molar-refractivity contribution in [3.05, 3.63) is 30.2 Å². The zero-order valence-corrected chi connectivity index (χ0v) is 12.2. The fraction of sp³-hybridized carbons (Fsp3) is 0.357. The summed E-state index contributed by atoms with van der Waals surface area (Å²) < 4.78 is 4.93. The summed E-state index contributed by atoms with van der Waals surface area (Å²) in [6, 6.07) is 7.58. The smallest absolute Gasteiger partial charge is 0.316 e. The van der Waals surface area contributed by atoms with Gasteiger partial charge in [-0.1, -0.05) is 5.16 Å². The zero-order valence-electron chi connectivity index (χ0n) is 12.2. The average molecular weight is 290 g/mol. The lowest BCUT2D eigenvalue weighted by Gasteiger charge is -2.11. The lowest BCUT2D eigenvalue weighted by Crippen LogP contribution is -2.30. The van der Waals surface area contributed by atoms with Crippen LogP contribution in [-0.2, 0) is 0 Å². The van der Waals surface area contributed by atoms with E-state index in [-0.39, 0.29) is 12.4 Å². The Balaban J connectivity index is 2.10. The second kappa shape index (κ2) is 6.36. The molecular weight excluding hydrogens is 272 g/mol. The summed E-state index contributed by atoms with van der Waals surface area (Å²) in [7, 11) is 3.90. The molecule has 112 valence electrons. The lowest BCUT2D eigenvalue weighted by atomic mass is 10.2. The number of anilines is 1. The molecule has 2 N–H and O–H groups in total. The molecule has 7 heteroatoms. The maximum absolute atomic E-state index is 11.7. The molecule has 2 aromatic rings. The molecule has 0 aliphatic carbocycles. The van der Waals surface area contributed by atoms with Crippen LogP contribution in [0.15, 0.2) is 28.8 Å². The predicted octanol–water partition coefficient (Wildman–Crippen LogP) is 0.913. The zero-order chi connectivity index (χ0) is 15.4. The molecule has 1 heterocycles. The number of hydrogen-bond acceptors (Lipinski definition) is 6. The quantitative estimate of drug-likeness (QED) is 0.850. The van der Waals surface area contributed by atoms with Gasteiger partial charge < -0.3 is 19.8 Å². The van der Waals surface area contributed by atoms with Gasteiger partial charge in [-0.3, -0.25) is 4.79 Å². The van der Waals surface area contributed by atoms with Crippen LogP contribution in [0.1, 0.15) is 17.6 Å². The summed E-state index contributed by atoms with van der Waals surface area (Å²) in [6.45, 7) is 1.71. The first kappa shape index (κ1) is 15.0. The van der Waals surface area contributed by atoms with Crippen molar-refractivity contribution in [3.63, 3.8) is 0 Å². The molecule has 0 spiro atoms. The van der Waals surface area contributed by atoms with E-state index in [2.05, 4.69) is 15.5 Å². The van der Waals surface area contributed by atoms with Crippen molar-refractivity contribution in [3.8, 4) is 11.4 Å². The third-order valence-corrected chi connectivity index (χ3v) is 2.82. The number of aromatic nitrogens is 2. The third kappa shape index (κ3) is 3.79. The van der Waals surface area contributed by atoms with E-state index in [0.717, 1.165) is 11.3 Å². The minimum Gasteiger partial charge on any atom is -0.392 e. The van der Waals surface area contributed by atoms with Crippen LogP contribution in [0.3, 0.4) is 0 Å². The molecule has 1 aromatic carbocycles. The Hall–Kier alpha value is -2.41. The Morgan fingerprint density at radius 1 is 1.38 bits per heavy atom. The van der Waals surface area contributed by atoms with Gasteiger partial charge in [0, 0.05) is 31.9 Å². The Labute approximate surface area is 122 Å². The van der Waals surface area contributed by atoms with Crippen LogP contribution >= 0.6 is 0 Å². The molecule has 1 atom stereocenters. The van der Waals surface area contributed by atoms with Gasteiger partial charge in [-0.2, -0.15) is 4.98 Å². The minimum absolute atomic E-state index is 0.123. The highest BCUT2D eigenvalue weighted by atomic mass is 16.5. The fourth-order valence-electron chi connectivity index (χ4n) is 1.66. The van der Waals surface area contributed by atoms with Gasteiger partial charge in [0.1, 0.15) is 0 Å². The fourth-order valence-corrected chi connectivity index (χ4v) is 1.66. The molecule has 7 nitrogen and oxygen atoms in total. The van der Waals surface area contributed by atoms with E-state index < -0.39 is 12.0 Å². The first-order valence-corrected chi connectivity index (χ1v) is 6.55. The maximum atomic E-state index is 11.7. The van der Waals surface area contributed by atoms with E-state index in [0.29, 0.717) is 5.82 Å². The average Bonchev–Trinajstić information content (AvgIpc) is 2.94. The first-order chi connectivity index (χ1) is 9.97. The van der Waals surface area contributed by atoms with Gasteiger partial charge in [0.25, 0.3) is 0 Å². The number of hydrogen-bond donors (Lipinski definition) is 2. The normalized spacial score (nSPS) is 12.0. The summed E-state index contributed by atoms with van der Waals surface area (Å²) in [6.07, 6.45) is -0.630. The van der Waals surface area contributed by atoms with E-state index in [1.807, 2.05) is 43.3 Å². The molecule has 0 fully saturated rings. The summed E-state index contributed by atoms with van der Waals surface area (Å²) in [5, 5.41) is 15.4. The van der Waals surface area contributed by atoms with Gasteiger partial charge in [-0.25, -0.2) is 0 Å². The molecule has 21 heavy (non-hydrogen) atoms. The van der Waals surface area contributed by atoms with Crippen molar-refractivity contribution in [2.24, 2.45) is 0 Å². The molecule has 2 rings (SSSR count). The van der Waals surface area contributed by atoms with E-state index in [9.17, 15) is 4.79 Å². The number of aliphatic hydroxyl groups excluding tert-OH is 1. The highest BCUT2D eigenvalue weighted by molar-refractivity contribution is 5.89. The predicted molar refractivity (Wildman–Crippen MR) is 78.1 cm³/mol. The van der Waals surface area contributed by atoms with Crippen LogP contribution in [0.25, 0.3) is 11.4 Å². The molecule has 0 saturated carbocycles. The first-order valence-electron chi connectivity index (χ1n) is 6.55. The van der Waals surface area contributed by atoms with Crippen molar-refractivity contribution in [2.75, 3.05) is 25.5 Å². The topological polar surface area (TPSA) is 91.5 Å². The number of nitrogens with zero attached hydrogens (tertiary/aromatic N) is 3. The minimum atomic E-state index is -0.630. The van der Waals surface area contributed by atoms with Gasteiger partial charge in [0.15, 0.2) is 0 Å². The van der Waals surface area contributed by atoms with Crippen molar-refractivity contribution >= 4 is 11.6 Å². The third-order valence-electron chi connectivity index (χ3n) is 2.82. The highest BCUT2D eigenvalue weighted by Gasteiger charge is 2.16. The SMILES string of the molecule is CC(O)CNC(=O)c1nc(-c2ccc(N(C)C)cc2)no1. The molecule has 0 radical (unpaired) electrons. The number of amides is 1. The van der Waals surface area contributed by atoms with Crippen molar-refractivity contribution in [1.82, 2.24) is 15.5 Å². The van der Waals surface area contributed by atoms with Gasteiger partial charge in [-0.15, -0.1) is 0 Å². The lowest BCUT2D eigenvalue weighted by molar-refractivity contribution is 0.0880. The summed E-state index contributed by atoms with van der Waals surface area (Å²) in [4.78, 5) is 17.7. The van der Waals surface area contributed by atoms with Crippen molar-refractivity contribution in [1.29, 1.82) is 0 Å². The standard InChI is InChI=1S/C14H18N4O3/c1-9(19)8-15-13(20)14-16-12(17-21-14)10-4-6-11(7-5-10)18(2)3/h4-7,9,19H,8H2,1-3H3,(H,15,20). The molecule has 1 aromatic heterocycles. The van der Waals surface area contributed by atoms with Crippen LogP contribution in [0.4, 0.5) is 5.69 Å². The maximum Gasteiger partial charge on any atom is 0.316 e. The van der Waals surface area contributed by atoms with E-state index in [4.69, 9.17) is 9.63 Å². The van der Waals surface area contributed by atoms with E-state index >= 15 is 0 Å². The van der Waals surface area contributed by atoms with Gasteiger partial charge in [0.05, 0.1) is 6.10 Å². The molecular formula is C14H18N4O3.